The van der Waals surface area contributed by atoms with Crippen LogP contribution in [0.5, 0.6) is 0 Å². The molecule has 1 saturated heterocycles. The summed E-state index contributed by atoms with van der Waals surface area (Å²) >= 11 is 0. The fourth-order valence-corrected chi connectivity index (χ4v) is 2.63. The van der Waals surface area contributed by atoms with Gasteiger partial charge in [0.05, 0.1) is 0 Å². The zero-order valence-corrected chi connectivity index (χ0v) is 13.0. The second kappa shape index (κ2) is 7.02. The lowest BCUT2D eigenvalue weighted by Gasteiger charge is -2.36. The van der Waals surface area contributed by atoms with E-state index in [4.69, 9.17) is 0 Å². The number of anilines is 2. The van der Waals surface area contributed by atoms with E-state index in [1.54, 1.807) is 0 Å². The van der Waals surface area contributed by atoms with Gasteiger partial charge in [0, 0.05) is 45.3 Å². The van der Waals surface area contributed by atoms with Crippen LogP contribution in [0.3, 0.4) is 0 Å². The second-order valence-electron chi connectivity index (χ2n) is 5.84. The molecule has 0 aromatic carbocycles. The molecule has 1 N–H and O–H groups in total. The Balaban J connectivity index is 2.07. The molecule has 0 bridgehead atoms. The van der Waals surface area contributed by atoms with Gasteiger partial charge in [-0.3, -0.25) is 4.90 Å². The third-order valence-electron chi connectivity index (χ3n) is 3.55. The van der Waals surface area contributed by atoms with Crippen LogP contribution in [0.15, 0.2) is 6.07 Å². The molecule has 0 atom stereocenters. The molecule has 2 rings (SSSR count). The molecular weight excluding hydrogens is 274 g/mol. The number of hydrogen-bond donors (Lipinski definition) is 1. The maximum absolute atomic E-state index is 14.0. The van der Waals surface area contributed by atoms with Gasteiger partial charge in [-0.1, -0.05) is 13.8 Å². The molecule has 4 nitrogen and oxygen atoms in total. The predicted molar refractivity (Wildman–Crippen MR) is 81.8 cm³/mol. The van der Waals surface area contributed by atoms with E-state index in [-0.39, 0.29) is 11.6 Å². The molecule has 1 aliphatic heterocycles. The van der Waals surface area contributed by atoms with Crippen molar-refractivity contribution in [2.75, 3.05) is 49.5 Å². The van der Waals surface area contributed by atoms with Crippen molar-refractivity contribution in [1.82, 2.24) is 9.88 Å². The summed E-state index contributed by atoms with van der Waals surface area (Å²) in [7, 11) is 0. The molecular formula is C15H24F2N4. The molecule has 1 aromatic heterocycles. The highest BCUT2D eigenvalue weighted by atomic mass is 19.1. The van der Waals surface area contributed by atoms with Crippen molar-refractivity contribution in [2.24, 2.45) is 5.92 Å². The van der Waals surface area contributed by atoms with Gasteiger partial charge < -0.3 is 10.2 Å². The van der Waals surface area contributed by atoms with E-state index in [9.17, 15) is 8.78 Å². The van der Waals surface area contributed by atoms with E-state index in [1.165, 1.54) is 0 Å². The van der Waals surface area contributed by atoms with Gasteiger partial charge in [-0.05, 0) is 12.8 Å². The van der Waals surface area contributed by atoms with Crippen LogP contribution in [0.4, 0.5) is 20.4 Å². The summed E-state index contributed by atoms with van der Waals surface area (Å²) in [5.74, 6) is -0.240. The number of aromatic nitrogens is 1. The minimum Gasteiger partial charge on any atom is -0.368 e. The average molecular weight is 298 g/mol. The van der Waals surface area contributed by atoms with Crippen LogP contribution in [0.2, 0.25) is 0 Å². The van der Waals surface area contributed by atoms with Crippen LogP contribution in [-0.2, 0) is 0 Å². The summed E-state index contributed by atoms with van der Waals surface area (Å²) in [6.07, 6.45) is 0. The van der Waals surface area contributed by atoms with Gasteiger partial charge in [-0.2, -0.15) is 0 Å². The summed E-state index contributed by atoms with van der Waals surface area (Å²) in [5.41, 5.74) is 0. The number of pyridine rings is 1. The Bertz CT molecular complexity index is 471. The minimum atomic E-state index is -0.642. The third-order valence-corrected chi connectivity index (χ3v) is 3.55. The van der Waals surface area contributed by atoms with Crippen LogP contribution in [-0.4, -0.2) is 49.2 Å². The Labute approximate surface area is 125 Å². The molecule has 1 fully saturated rings. The monoisotopic (exact) mass is 298 g/mol. The highest BCUT2D eigenvalue weighted by Gasteiger charge is 2.22. The van der Waals surface area contributed by atoms with Gasteiger partial charge >= 0.3 is 0 Å². The zero-order valence-electron chi connectivity index (χ0n) is 13.0. The topological polar surface area (TPSA) is 31.4 Å². The minimum absolute atomic E-state index is 0.124. The van der Waals surface area contributed by atoms with Crippen LogP contribution < -0.4 is 10.2 Å². The lowest BCUT2D eigenvalue weighted by molar-refractivity contribution is 0.230. The first-order chi connectivity index (χ1) is 10.0. The van der Waals surface area contributed by atoms with Crippen LogP contribution in [0, 0.1) is 17.6 Å². The van der Waals surface area contributed by atoms with E-state index < -0.39 is 11.6 Å². The van der Waals surface area contributed by atoms with Crippen LogP contribution >= 0.6 is 0 Å². The molecule has 0 saturated carbocycles. The number of hydrogen-bond acceptors (Lipinski definition) is 4. The van der Waals surface area contributed by atoms with Crippen molar-refractivity contribution >= 4 is 11.6 Å². The van der Waals surface area contributed by atoms with Crippen LogP contribution in [0.25, 0.3) is 0 Å². The van der Waals surface area contributed by atoms with Gasteiger partial charge in [0.15, 0.2) is 23.3 Å². The SMILES string of the molecule is CCNc1nc(N2CCN(CC(C)C)CC2)c(F)cc1F. The standard InChI is InChI=1S/C15H24F2N4/c1-4-18-14-12(16)9-13(17)15(19-14)21-7-5-20(6-8-21)10-11(2)3/h9,11H,4-8,10H2,1-3H3,(H,18,19). The summed E-state index contributed by atoms with van der Waals surface area (Å²) in [6, 6.07) is 0.917. The lowest BCUT2D eigenvalue weighted by Crippen LogP contribution is -2.48. The van der Waals surface area contributed by atoms with Gasteiger partial charge in [-0.25, -0.2) is 13.8 Å². The van der Waals surface area contributed by atoms with Crippen molar-refractivity contribution in [3.05, 3.63) is 17.7 Å². The van der Waals surface area contributed by atoms with E-state index in [0.717, 1.165) is 25.7 Å². The average Bonchev–Trinajstić information content (AvgIpc) is 2.42. The Morgan fingerprint density at radius 2 is 1.86 bits per heavy atom. The van der Waals surface area contributed by atoms with E-state index >= 15 is 0 Å². The molecule has 21 heavy (non-hydrogen) atoms. The molecule has 0 spiro atoms. The highest BCUT2D eigenvalue weighted by Crippen LogP contribution is 2.23. The first kappa shape index (κ1) is 15.9. The Kier molecular flexibility index (Phi) is 5.33. The Hall–Kier alpha value is -1.43. The number of halogens is 2. The summed E-state index contributed by atoms with van der Waals surface area (Å²) < 4.78 is 27.6. The molecule has 0 amide bonds. The second-order valence-corrected chi connectivity index (χ2v) is 5.84. The molecule has 0 aliphatic carbocycles. The first-order valence-corrected chi connectivity index (χ1v) is 7.58. The molecule has 0 radical (unpaired) electrons. The predicted octanol–water partition coefficient (Wildman–Crippen LogP) is 2.57. The number of rotatable bonds is 5. The smallest absolute Gasteiger partial charge is 0.168 e. The van der Waals surface area contributed by atoms with Crippen molar-refractivity contribution in [2.45, 2.75) is 20.8 Å². The lowest BCUT2D eigenvalue weighted by atomic mass is 10.2. The van der Waals surface area contributed by atoms with E-state index in [2.05, 4.69) is 29.0 Å². The Morgan fingerprint density at radius 3 is 2.43 bits per heavy atom. The molecule has 2 heterocycles. The van der Waals surface area contributed by atoms with Crippen molar-refractivity contribution < 1.29 is 8.78 Å². The first-order valence-electron chi connectivity index (χ1n) is 7.58. The molecule has 118 valence electrons. The van der Waals surface area contributed by atoms with Crippen molar-refractivity contribution in [3.63, 3.8) is 0 Å². The number of nitrogens with one attached hydrogen (secondary N) is 1. The maximum atomic E-state index is 14.0. The number of nitrogens with zero attached hydrogens (tertiary/aromatic N) is 3. The molecule has 1 aliphatic rings. The molecule has 1 aromatic rings. The third kappa shape index (κ3) is 4.03. The van der Waals surface area contributed by atoms with Gasteiger partial charge in [0.1, 0.15) is 0 Å². The maximum Gasteiger partial charge on any atom is 0.168 e. The largest absolute Gasteiger partial charge is 0.368 e. The fraction of sp³-hybridized carbons (Fsp3) is 0.667. The molecule has 6 heteroatoms. The normalized spacial score (nSPS) is 16.6. The van der Waals surface area contributed by atoms with E-state index in [0.29, 0.717) is 25.6 Å². The summed E-state index contributed by atoms with van der Waals surface area (Å²) in [5, 5.41) is 2.83. The number of piperazine rings is 1. The van der Waals surface area contributed by atoms with Crippen LogP contribution in [0.1, 0.15) is 20.8 Å². The highest BCUT2D eigenvalue weighted by molar-refractivity contribution is 5.49. The van der Waals surface area contributed by atoms with E-state index in [1.807, 2.05) is 11.8 Å². The summed E-state index contributed by atoms with van der Waals surface area (Å²) in [4.78, 5) is 8.38. The van der Waals surface area contributed by atoms with Crippen molar-refractivity contribution in [3.8, 4) is 0 Å². The zero-order chi connectivity index (χ0) is 15.4. The molecule has 0 unspecified atom stereocenters. The Morgan fingerprint density at radius 1 is 1.19 bits per heavy atom. The van der Waals surface area contributed by atoms with Crippen molar-refractivity contribution in [1.29, 1.82) is 0 Å². The summed E-state index contributed by atoms with van der Waals surface area (Å²) in [6.45, 7) is 11.0. The van der Waals surface area contributed by atoms with Gasteiger partial charge in [0.2, 0.25) is 0 Å². The quantitative estimate of drug-likeness (QED) is 0.905. The fourth-order valence-electron chi connectivity index (χ4n) is 2.63. The van der Waals surface area contributed by atoms with Gasteiger partial charge in [0.25, 0.3) is 0 Å². The van der Waals surface area contributed by atoms with Gasteiger partial charge in [-0.15, -0.1) is 0 Å².